The number of aromatic nitrogens is 1. The van der Waals surface area contributed by atoms with Crippen LogP contribution in [0.5, 0.6) is 0 Å². The third kappa shape index (κ3) is 5.65. The van der Waals surface area contributed by atoms with E-state index in [1.54, 1.807) is 0 Å². The topological polar surface area (TPSA) is 8.17 Å². The van der Waals surface area contributed by atoms with E-state index >= 15 is 0 Å². The SMILES string of the molecule is c1ccc(-n2c3ccccc3c3cc(-c4ccc(N(c5cccc(-c6ccc7ccccc7c6)c5)c5ccc6c(c5)C5(Cc7ccccc7C5)c5ccccc5-6)cc4)ccc32)cc1. The van der Waals surface area contributed by atoms with E-state index in [2.05, 4.69) is 240 Å². The fraction of sp³-hybridized carbons (Fsp3) is 0.0492. The van der Waals surface area contributed by atoms with Gasteiger partial charge in [0, 0.05) is 38.9 Å². The van der Waals surface area contributed by atoms with Crippen LogP contribution in [-0.4, -0.2) is 4.57 Å². The molecule has 0 aliphatic heterocycles. The Morgan fingerprint density at radius 1 is 0.349 bits per heavy atom. The lowest BCUT2D eigenvalue weighted by molar-refractivity contribution is 0.563. The largest absolute Gasteiger partial charge is 0.310 e. The van der Waals surface area contributed by atoms with Crippen LogP contribution in [0.3, 0.4) is 0 Å². The quantitative estimate of drug-likeness (QED) is 0.163. The van der Waals surface area contributed by atoms with Gasteiger partial charge < -0.3 is 9.47 Å². The molecule has 2 heteroatoms. The molecule has 0 unspecified atom stereocenters. The second-order valence-electron chi connectivity index (χ2n) is 17.4. The van der Waals surface area contributed by atoms with Crippen molar-refractivity contribution in [3.05, 3.63) is 253 Å². The van der Waals surface area contributed by atoms with E-state index in [-0.39, 0.29) is 5.41 Å². The first-order chi connectivity index (χ1) is 31.2. The first-order valence-corrected chi connectivity index (χ1v) is 22.1. The number of anilines is 3. The Hall–Kier alpha value is -7.94. The lowest BCUT2D eigenvalue weighted by atomic mass is 9.75. The highest BCUT2D eigenvalue weighted by molar-refractivity contribution is 6.10. The number of benzene rings is 10. The number of hydrogen-bond acceptors (Lipinski definition) is 1. The van der Waals surface area contributed by atoms with E-state index in [1.807, 2.05) is 0 Å². The summed E-state index contributed by atoms with van der Waals surface area (Å²) in [6.07, 6.45) is 2.02. The molecule has 296 valence electrons. The van der Waals surface area contributed by atoms with Gasteiger partial charge in [0.05, 0.1) is 11.0 Å². The molecular formula is C61H42N2. The summed E-state index contributed by atoms with van der Waals surface area (Å²) in [7, 11) is 0. The average molecular weight is 803 g/mol. The third-order valence-electron chi connectivity index (χ3n) is 13.9. The molecule has 0 bridgehead atoms. The molecule has 0 radical (unpaired) electrons. The monoisotopic (exact) mass is 802 g/mol. The Bertz CT molecular complexity index is 3550. The van der Waals surface area contributed by atoms with Crippen molar-refractivity contribution in [3.63, 3.8) is 0 Å². The molecule has 0 amide bonds. The van der Waals surface area contributed by atoms with Gasteiger partial charge in [0.15, 0.2) is 0 Å². The van der Waals surface area contributed by atoms with Crippen molar-refractivity contribution in [1.82, 2.24) is 4.57 Å². The van der Waals surface area contributed by atoms with Crippen molar-refractivity contribution < 1.29 is 0 Å². The molecule has 2 aliphatic rings. The molecule has 2 nitrogen and oxygen atoms in total. The van der Waals surface area contributed by atoms with Crippen LogP contribution < -0.4 is 4.90 Å². The van der Waals surface area contributed by atoms with Gasteiger partial charge in [-0.2, -0.15) is 0 Å². The fourth-order valence-corrected chi connectivity index (χ4v) is 11.0. The van der Waals surface area contributed by atoms with E-state index < -0.39 is 0 Å². The Morgan fingerprint density at radius 3 is 1.83 bits per heavy atom. The summed E-state index contributed by atoms with van der Waals surface area (Å²) < 4.78 is 2.38. The van der Waals surface area contributed by atoms with E-state index in [0.717, 1.165) is 29.9 Å². The fourth-order valence-electron chi connectivity index (χ4n) is 11.0. The molecule has 1 heterocycles. The Labute approximate surface area is 367 Å². The molecule has 0 saturated heterocycles. The predicted octanol–water partition coefficient (Wildman–Crippen LogP) is 15.8. The van der Waals surface area contributed by atoms with Gasteiger partial charge in [0.2, 0.25) is 0 Å². The van der Waals surface area contributed by atoms with Crippen LogP contribution in [0, 0.1) is 0 Å². The van der Waals surface area contributed by atoms with Crippen molar-refractivity contribution in [2.75, 3.05) is 4.90 Å². The molecule has 0 saturated carbocycles. The van der Waals surface area contributed by atoms with Gasteiger partial charge in [-0.25, -0.2) is 0 Å². The lowest BCUT2D eigenvalue weighted by Crippen LogP contribution is -2.26. The number of rotatable bonds is 6. The second-order valence-corrected chi connectivity index (χ2v) is 17.4. The van der Waals surface area contributed by atoms with Crippen molar-refractivity contribution in [2.45, 2.75) is 18.3 Å². The number of fused-ring (bicyclic) bond motifs is 10. The Kier molecular flexibility index (Phi) is 7.98. The van der Waals surface area contributed by atoms with Crippen LogP contribution >= 0.6 is 0 Å². The zero-order valence-corrected chi connectivity index (χ0v) is 34.7. The summed E-state index contributed by atoms with van der Waals surface area (Å²) in [6.45, 7) is 0. The van der Waals surface area contributed by atoms with Crippen LogP contribution in [0.2, 0.25) is 0 Å². The van der Waals surface area contributed by atoms with Crippen molar-refractivity contribution in [1.29, 1.82) is 0 Å². The average Bonchev–Trinajstić information content (AvgIpc) is 3.99. The third-order valence-corrected chi connectivity index (χ3v) is 13.9. The zero-order chi connectivity index (χ0) is 41.5. The highest BCUT2D eigenvalue weighted by Crippen LogP contribution is 2.56. The van der Waals surface area contributed by atoms with Crippen LogP contribution in [0.1, 0.15) is 22.3 Å². The second kappa shape index (κ2) is 14.1. The van der Waals surface area contributed by atoms with Crippen LogP contribution in [0.4, 0.5) is 17.1 Å². The van der Waals surface area contributed by atoms with Gasteiger partial charge in [-0.15, -0.1) is 0 Å². The maximum Gasteiger partial charge on any atom is 0.0541 e. The summed E-state index contributed by atoms with van der Waals surface area (Å²) in [5.41, 5.74) is 20.2. The van der Waals surface area contributed by atoms with Crippen LogP contribution in [-0.2, 0) is 18.3 Å². The lowest BCUT2D eigenvalue weighted by Gasteiger charge is -2.30. The van der Waals surface area contributed by atoms with E-state index in [1.165, 1.54) is 93.9 Å². The molecule has 0 fully saturated rings. The highest BCUT2D eigenvalue weighted by Gasteiger charge is 2.47. The van der Waals surface area contributed by atoms with Crippen molar-refractivity contribution in [2.24, 2.45) is 0 Å². The number of para-hydroxylation sites is 2. The Balaban J connectivity index is 0.948. The van der Waals surface area contributed by atoms with E-state index in [4.69, 9.17) is 0 Å². The summed E-state index contributed by atoms with van der Waals surface area (Å²) in [6, 6.07) is 85.5. The predicted molar refractivity (Wildman–Crippen MR) is 264 cm³/mol. The maximum absolute atomic E-state index is 2.51. The molecule has 1 spiro atoms. The molecule has 2 aliphatic carbocycles. The molecule has 13 rings (SSSR count). The molecule has 0 atom stereocenters. The van der Waals surface area contributed by atoms with Gasteiger partial charge in [-0.3, -0.25) is 0 Å². The first-order valence-electron chi connectivity index (χ1n) is 22.1. The minimum absolute atomic E-state index is 0.101. The highest BCUT2D eigenvalue weighted by atomic mass is 15.1. The van der Waals surface area contributed by atoms with Crippen LogP contribution in [0.15, 0.2) is 231 Å². The van der Waals surface area contributed by atoms with E-state index in [0.29, 0.717) is 0 Å². The number of nitrogens with zero attached hydrogens (tertiary/aromatic N) is 2. The summed E-state index contributed by atoms with van der Waals surface area (Å²) in [4.78, 5) is 2.46. The maximum atomic E-state index is 2.51. The first kappa shape index (κ1) is 35.8. The smallest absolute Gasteiger partial charge is 0.0541 e. The van der Waals surface area contributed by atoms with Crippen molar-refractivity contribution >= 4 is 49.6 Å². The van der Waals surface area contributed by atoms with Gasteiger partial charge in [0.1, 0.15) is 0 Å². The molecule has 0 N–H and O–H groups in total. The van der Waals surface area contributed by atoms with Gasteiger partial charge in [-0.05, 0) is 152 Å². The molecule has 10 aromatic carbocycles. The zero-order valence-electron chi connectivity index (χ0n) is 34.7. The Morgan fingerprint density at radius 2 is 0.968 bits per heavy atom. The number of hydrogen-bond donors (Lipinski definition) is 0. The van der Waals surface area contributed by atoms with Gasteiger partial charge in [0.25, 0.3) is 0 Å². The summed E-state index contributed by atoms with van der Waals surface area (Å²) >= 11 is 0. The van der Waals surface area contributed by atoms with Gasteiger partial charge >= 0.3 is 0 Å². The minimum Gasteiger partial charge on any atom is -0.310 e. The van der Waals surface area contributed by atoms with E-state index in [9.17, 15) is 0 Å². The molecular weight excluding hydrogens is 761 g/mol. The van der Waals surface area contributed by atoms with Crippen LogP contribution in [0.25, 0.3) is 71.6 Å². The standard InChI is InChI=1S/C61H42N2/c1-2-18-49(19-3-1)63-59-24-11-9-22-55(59)56-37-46(29-34-60(56)63)42-27-30-50(31-28-42)62(51-20-12-17-44(36-51)45-26-25-41-13-4-5-14-43(41)35-45)52-32-33-54-53-21-8-10-23-57(53)61(58(54)38-52)39-47-15-6-7-16-48(47)40-61/h1-38H,39-40H2. The molecule has 11 aromatic rings. The normalized spacial score (nSPS) is 13.4. The van der Waals surface area contributed by atoms with Crippen molar-refractivity contribution in [3.8, 4) is 39.1 Å². The minimum atomic E-state index is -0.101. The molecule has 63 heavy (non-hydrogen) atoms. The summed E-state index contributed by atoms with van der Waals surface area (Å²) in [5, 5.41) is 5.01. The van der Waals surface area contributed by atoms with Gasteiger partial charge in [-0.1, -0.05) is 158 Å². The molecule has 1 aromatic heterocycles. The summed E-state index contributed by atoms with van der Waals surface area (Å²) in [5.74, 6) is 0.